The number of hydrogen-bond acceptors (Lipinski definition) is 4. The largest absolute Gasteiger partial charge is 0.497 e. The predicted octanol–water partition coefficient (Wildman–Crippen LogP) is 3.45. The first-order valence-electron chi connectivity index (χ1n) is 9.14. The number of benzene rings is 2. The lowest BCUT2D eigenvalue weighted by Crippen LogP contribution is -2.28. The van der Waals surface area contributed by atoms with Gasteiger partial charge >= 0.3 is 0 Å². The van der Waals surface area contributed by atoms with Gasteiger partial charge in [0.1, 0.15) is 5.75 Å². The molecule has 6 nitrogen and oxygen atoms in total. The monoisotopic (exact) mass is 417 g/mol. The number of rotatable bonds is 9. The molecule has 0 aromatic heterocycles. The smallest absolute Gasteiger partial charge is 0.253 e. The lowest BCUT2D eigenvalue weighted by atomic mass is 10.1. The highest BCUT2D eigenvalue weighted by atomic mass is 35.5. The van der Waals surface area contributed by atoms with Crippen molar-refractivity contribution < 1.29 is 14.3 Å². The van der Waals surface area contributed by atoms with Crippen LogP contribution in [0.15, 0.2) is 54.6 Å². The molecular weight excluding hydrogens is 390 g/mol. The quantitative estimate of drug-likeness (QED) is 0.484. The summed E-state index contributed by atoms with van der Waals surface area (Å²) in [6.07, 6.45) is 4.00. The van der Waals surface area contributed by atoms with E-state index in [1.54, 1.807) is 37.5 Å². The Kier molecular flexibility index (Phi) is 10.5. The van der Waals surface area contributed by atoms with E-state index < -0.39 is 0 Å². The molecule has 2 N–H and O–H groups in total. The highest BCUT2D eigenvalue weighted by Gasteiger charge is 2.11. The van der Waals surface area contributed by atoms with Crippen molar-refractivity contribution in [3.05, 3.63) is 65.7 Å². The summed E-state index contributed by atoms with van der Waals surface area (Å²) in [5.41, 5.74) is 1.80. The molecule has 0 radical (unpaired) electrons. The standard InChI is InChI=1S/C22H27N3O3.ClH/c1-25(2)16-6-15-23-22(27)19-7-4-5-8-20(19)24-21(26)14-11-17-9-12-18(28-3)13-10-17;/h4-5,7-14H,6,15-16H2,1-3H3,(H,23,27)(H,24,26);1H/b14-11+;. The van der Waals surface area contributed by atoms with Crippen LogP contribution in [0.4, 0.5) is 5.69 Å². The second-order valence-electron chi connectivity index (χ2n) is 6.55. The summed E-state index contributed by atoms with van der Waals surface area (Å²) in [7, 11) is 5.59. The number of nitrogens with zero attached hydrogens (tertiary/aromatic N) is 1. The van der Waals surface area contributed by atoms with Crippen LogP contribution in [0.2, 0.25) is 0 Å². The fourth-order valence-corrected chi connectivity index (χ4v) is 2.54. The van der Waals surface area contributed by atoms with Crippen LogP contribution in [0.5, 0.6) is 5.75 Å². The van der Waals surface area contributed by atoms with Crippen LogP contribution < -0.4 is 15.4 Å². The maximum absolute atomic E-state index is 12.4. The lowest BCUT2D eigenvalue weighted by molar-refractivity contribution is -0.111. The molecule has 0 bridgehead atoms. The minimum absolute atomic E-state index is 0. The van der Waals surface area contributed by atoms with E-state index in [1.165, 1.54) is 6.08 Å². The van der Waals surface area contributed by atoms with E-state index in [2.05, 4.69) is 15.5 Å². The zero-order valence-corrected chi connectivity index (χ0v) is 17.8. The first-order chi connectivity index (χ1) is 13.5. The topological polar surface area (TPSA) is 70.7 Å². The van der Waals surface area contributed by atoms with Crippen molar-refractivity contribution in [1.29, 1.82) is 0 Å². The van der Waals surface area contributed by atoms with Crippen molar-refractivity contribution in [2.75, 3.05) is 39.6 Å². The van der Waals surface area contributed by atoms with Gasteiger partial charge in [-0.05, 0) is 63.0 Å². The Balaban J connectivity index is 0.00000420. The van der Waals surface area contributed by atoms with E-state index >= 15 is 0 Å². The fraction of sp³-hybridized carbons (Fsp3) is 0.273. The number of ether oxygens (including phenoxy) is 1. The van der Waals surface area contributed by atoms with Gasteiger partial charge in [0.05, 0.1) is 18.4 Å². The van der Waals surface area contributed by atoms with Crippen molar-refractivity contribution in [3.8, 4) is 5.75 Å². The average Bonchev–Trinajstić information content (AvgIpc) is 2.70. The maximum atomic E-state index is 12.4. The van der Waals surface area contributed by atoms with E-state index in [0.29, 0.717) is 17.8 Å². The van der Waals surface area contributed by atoms with Crippen LogP contribution >= 0.6 is 12.4 Å². The van der Waals surface area contributed by atoms with Crippen LogP contribution in [-0.2, 0) is 4.79 Å². The van der Waals surface area contributed by atoms with Crippen molar-refractivity contribution in [2.24, 2.45) is 0 Å². The van der Waals surface area contributed by atoms with Crippen LogP contribution in [0, 0.1) is 0 Å². The van der Waals surface area contributed by atoms with Crippen molar-refractivity contribution in [1.82, 2.24) is 10.2 Å². The van der Waals surface area contributed by atoms with E-state index in [0.717, 1.165) is 24.3 Å². The molecule has 0 saturated heterocycles. The Morgan fingerprint density at radius 3 is 2.41 bits per heavy atom. The zero-order valence-electron chi connectivity index (χ0n) is 17.0. The van der Waals surface area contributed by atoms with Crippen molar-refractivity contribution in [2.45, 2.75) is 6.42 Å². The molecule has 0 heterocycles. The predicted molar refractivity (Wildman–Crippen MR) is 120 cm³/mol. The molecule has 0 aliphatic heterocycles. The Labute approximate surface area is 178 Å². The number of hydrogen-bond donors (Lipinski definition) is 2. The molecule has 0 aliphatic rings. The molecule has 0 atom stereocenters. The van der Waals surface area contributed by atoms with E-state index in [9.17, 15) is 9.59 Å². The molecule has 0 saturated carbocycles. The van der Waals surface area contributed by atoms with Crippen LogP contribution in [0.1, 0.15) is 22.3 Å². The Morgan fingerprint density at radius 1 is 1.07 bits per heavy atom. The Hall–Kier alpha value is -2.83. The Morgan fingerprint density at radius 2 is 1.76 bits per heavy atom. The molecule has 156 valence electrons. The highest BCUT2D eigenvalue weighted by Crippen LogP contribution is 2.16. The first kappa shape index (κ1) is 24.2. The summed E-state index contributed by atoms with van der Waals surface area (Å²) in [5, 5.41) is 5.66. The SMILES string of the molecule is COc1ccc(/C=C/C(=O)Nc2ccccc2C(=O)NCCCN(C)C)cc1.Cl. The summed E-state index contributed by atoms with van der Waals surface area (Å²) in [5.74, 6) is 0.254. The third kappa shape index (κ3) is 8.37. The molecule has 29 heavy (non-hydrogen) atoms. The van der Waals surface area contributed by atoms with E-state index in [4.69, 9.17) is 4.74 Å². The Bertz CT molecular complexity index is 820. The molecule has 7 heteroatoms. The number of carbonyl (C=O) groups is 2. The van der Waals surface area contributed by atoms with Crippen LogP contribution in [-0.4, -0.2) is 51.0 Å². The van der Waals surface area contributed by atoms with E-state index in [1.807, 2.05) is 38.4 Å². The molecule has 2 aromatic rings. The van der Waals surface area contributed by atoms with Gasteiger partial charge in [-0.2, -0.15) is 0 Å². The number of methoxy groups -OCH3 is 1. The van der Waals surface area contributed by atoms with Gasteiger partial charge in [0.2, 0.25) is 5.91 Å². The third-order valence-corrected chi connectivity index (χ3v) is 4.04. The van der Waals surface area contributed by atoms with Gasteiger partial charge in [0, 0.05) is 12.6 Å². The minimum Gasteiger partial charge on any atom is -0.497 e. The van der Waals surface area contributed by atoms with Gasteiger partial charge in [0.15, 0.2) is 0 Å². The molecule has 0 aliphatic carbocycles. The van der Waals surface area contributed by atoms with E-state index in [-0.39, 0.29) is 24.2 Å². The number of halogens is 1. The van der Waals surface area contributed by atoms with Gasteiger partial charge in [0.25, 0.3) is 5.91 Å². The van der Waals surface area contributed by atoms with Crippen molar-refractivity contribution in [3.63, 3.8) is 0 Å². The van der Waals surface area contributed by atoms with Gasteiger partial charge in [-0.25, -0.2) is 0 Å². The van der Waals surface area contributed by atoms with Crippen LogP contribution in [0.25, 0.3) is 6.08 Å². The zero-order chi connectivity index (χ0) is 20.4. The number of nitrogens with one attached hydrogen (secondary N) is 2. The van der Waals surface area contributed by atoms with Crippen molar-refractivity contribution >= 4 is 36.0 Å². The van der Waals surface area contributed by atoms with Gasteiger partial charge in [-0.3, -0.25) is 9.59 Å². The molecule has 2 aromatic carbocycles. The van der Waals surface area contributed by atoms with Crippen LogP contribution in [0.3, 0.4) is 0 Å². The molecule has 2 amide bonds. The highest BCUT2D eigenvalue weighted by molar-refractivity contribution is 6.07. The molecular formula is C22H28ClN3O3. The van der Waals surface area contributed by atoms with Gasteiger partial charge in [-0.15, -0.1) is 12.4 Å². The molecule has 0 fully saturated rings. The lowest BCUT2D eigenvalue weighted by Gasteiger charge is -2.12. The summed E-state index contributed by atoms with van der Waals surface area (Å²) < 4.78 is 5.11. The molecule has 0 spiro atoms. The molecule has 2 rings (SSSR count). The summed E-state index contributed by atoms with van der Waals surface area (Å²) in [6.45, 7) is 1.48. The van der Waals surface area contributed by atoms with Gasteiger partial charge in [-0.1, -0.05) is 24.3 Å². The number of anilines is 1. The normalized spacial score (nSPS) is 10.5. The van der Waals surface area contributed by atoms with Gasteiger partial charge < -0.3 is 20.3 Å². The summed E-state index contributed by atoms with van der Waals surface area (Å²) in [4.78, 5) is 26.7. The second-order valence-corrected chi connectivity index (χ2v) is 6.55. The third-order valence-electron chi connectivity index (χ3n) is 4.04. The first-order valence-corrected chi connectivity index (χ1v) is 9.14. The summed E-state index contributed by atoms with van der Waals surface area (Å²) >= 11 is 0. The average molecular weight is 418 g/mol. The summed E-state index contributed by atoms with van der Waals surface area (Å²) in [6, 6.07) is 14.3. The molecule has 0 unspecified atom stereocenters. The number of carbonyl (C=O) groups excluding carboxylic acids is 2. The maximum Gasteiger partial charge on any atom is 0.253 e. The second kappa shape index (κ2) is 12.6. The number of para-hydroxylation sites is 1. The number of amides is 2. The minimum atomic E-state index is -0.302. The fourth-order valence-electron chi connectivity index (χ4n) is 2.54.